The predicted octanol–water partition coefficient (Wildman–Crippen LogP) is 4.86. The number of carboxylic acids is 1. The Balaban J connectivity index is 1.97. The number of benzene rings is 2. The van der Waals surface area contributed by atoms with Gasteiger partial charge in [-0.05, 0) is 48.4 Å². The van der Waals surface area contributed by atoms with Crippen LogP contribution in [0.1, 0.15) is 21.5 Å². The Morgan fingerprint density at radius 3 is 2.72 bits per heavy atom. The van der Waals surface area contributed by atoms with E-state index in [1.165, 1.54) is 22.7 Å². The van der Waals surface area contributed by atoms with Crippen LogP contribution in [0.25, 0.3) is 6.08 Å². The molecule has 1 heterocycles. The SMILES string of the molecule is Cc1ccc(N2C(=O)C(=Cc3cccc(Br)c3)SC2=S)cc1C(=O)O. The number of amides is 1. The van der Waals surface area contributed by atoms with Gasteiger partial charge < -0.3 is 5.11 Å². The largest absolute Gasteiger partial charge is 0.478 e. The summed E-state index contributed by atoms with van der Waals surface area (Å²) in [5.41, 5.74) is 2.13. The van der Waals surface area contributed by atoms with Crippen LogP contribution in [0.15, 0.2) is 51.8 Å². The minimum absolute atomic E-state index is 0.155. The number of thiocarbonyl (C=S) groups is 1. The average molecular weight is 434 g/mol. The molecular weight excluding hydrogens is 422 g/mol. The van der Waals surface area contributed by atoms with Gasteiger partial charge in [0, 0.05) is 4.47 Å². The Hall–Kier alpha value is -1.96. The van der Waals surface area contributed by atoms with Crippen LogP contribution in [-0.2, 0) is 4.79 Å². The normalized spacial score (nSPS) is 15.9. The minimum Gasteiger partial charge on any atom is -0.478 e. The van der Waals surface area contributed by atoms with Crippen LogP contribution in [0.4, 0.5) is 5.69 Å². The number of carbonyl (C=O) groups is 2. The maximum Gasteiger partial charge on any atom is 0.336 e. The molecule has 2 aromatic rings. The van der Waals surface area contributed by atoms with Crippen molar-refractivity contribution in [2.24, 2.45) is 0 Å². The van der Waals surface area contributed by atoms with E-state index in [-0.39, 0.29) is 11.5 Å². The van der Waals surface area contributed by atoms with E-state index < -0.39 is 5.97 Å². The third-order valence-corrected chi connectivity index (χ3v) is 5.45. The van der Waals surface area contributed by atoms with E-state index in [4.69, 9.17) is 12.2 Å². The van der Waals surface area contributed by atoms with Crippen molar-refractivity contribution in [3.8, 4) is 0 Å². The Morgan fingerprint density at radius 2 is 2.04 bits per heavy atom. The van der Waals surface area contributed by atoms with Gasteiger partial charge in [0.25, 0.3) is 5.91 Å². The number of thioether (sulfide) groups is 1. The third kappa shape index (κ3) is 3.68. The first-order chi connectivity index (χ1) is 11.9. The van der Waals surface area contributed by atoms with Crippen molar-refractivity contribution in [1.82, 2.24) is 0 Å². The molecule has 0 radical (unpaired) electrons. The number of hydrogen-bond donors (Lipinski definition) is 1. The van der Waals surface area contributed by atoms with Crippen molar-refractivity contribution in [2.45, 2.75) is 6.92 Å². The highest BCUT2D eigenvalue weighted by Crippen LogP contribution is 2.36. The molecule has 0 unspecified atom stereocenters. The first-order valence-electron chi connectivity index (χ1n) is 7.24. The second-order valence-corrected chi connectivity index (χ2v) is 7.97. The molecule has 0 aliphatic carbocycles. The van der Waals surface area contributed by atoms with Crippen molar-refractivity contribution < 1.29 is 14.7 Å². The van der Waals surface area contributed by atoms with Gasteiger partial charge >= 0.3 is 5.97 Å². The number of hydrogen-bond acceptors (Lipinski definition) is 4. The zero-order valence-electron chi connectivity index (χ0n) is 13.0. The van der Waals surface area contributed by atoms with Gasteiger partial charge in [0.15, 0.2) is 4.32 Å². The summed E-state index contributed by atoms with van der Waals surface area (Å²) in [6.45, 7) is 1.71. The summed E-state index contributed by atoms with van der Waals surface area (Å²) < 4.78 is 1.30. The van der Waals surface area contributed by atoms with Gasteiger partial charge in [-0.1, -0.05) is 58.1 Å². The van der Waals surface area contributed by atoms with E-state index in [1.54, 1.807) is 25.1 Å². The van der Waals surface area contributed by atoms with Crippen LogP contribution in [0.2, 0.25) is 0 Å². The van der Waals surface area contributed by atoms with Crippen molar-refractivity contribution in [3.63, 3.8) is 0 Å². The Morgan fingerprint density at radius 1 is 1.28 bits per heavy atom. The first-order valence-corrected chi connectivity index (χ1v) is 9.26. The number of carbonyl (C=O) groups excluding carboxylic acids is 1. The summed E-state index contributed by atoms with van der Waals surface area (Å²) >= 11 is 9.94. The molecule has 1 N–H and O–H groups in total. The lowest BCUT2D eigenvalue weighted by Gasteiger charge is -2.15. The highest BCUT2D eigenvalue weighted by atomic mass is 79.9. The third-order valence-electron chi connectivity index (χ3n) is 3.65. The smallest absolute Gasteiger partial charge is 0.336 e. The molecule has 0 aromatic heterocycles. The zero-order valence-corrected chi connectivity index (χ0v) is 16.2. The van der Waals surface area contributed by atoms with Crippen molar-refractivity contribution in [3.05, 3.63) is 68.5 Å². The van der Waals surface area contributed by atoms with Crippen LogP contribution < -0.4 is 4.90 Å². The number of halogens is 1. The Labute approximate surface area is 162 Å². The van der Waals surface area contributed by atoms with E-state index in [9.17, 15) is 14.7 Å². The number of aryl methyl sites for hydroxylation is 1. The molecule has 1 fully saturated rings. The summed E-state index contributed by atoms with van der Waals surface area (Å²) in [7, 11) is 0. The topological polar surface area (TPSA) is 57.6 Å². The fourth-order valence-electron chi connectivity index (χ4n) is 2.42. The highest BCUT2D eigenvalue weighted by molar-refractivity contribution is 9.10. The van der Waals surface area contributed by atoms with Gasteiger partial charge in [-0.25, -0.2) is 4.79 Å². The molecular formula is C18H12BrNO3S2. The molecule has 0 atom stereocenters. The van der Waals surface area contributed by atoms with Crippen LogP contribution in [0.3, 0.4) is 0 Å². The first kappa shape index (κ1) is 17.8. The van der Waals surface area contributed by atoms with Crippen molar-refractivity contribution in [1.29, 1.82) is 0 Å². The quantitative estimate of drug-likeness (QED) is 0.552. The van der Waals surface area contributed by atoms with E-state index in [1.807, 2.05) is 24.3 Å². The van der Waals surface area contributed by atoms with Crippen molar-refractivity contribution in [2.75, 3.05) is 4.90 Å². The fourth-order valence-corrected chi connectivity index (χ4v) is 4.13. The van der Waals surface area contributed by atoms with Crippen LogP contribution in [0, 0.1) is 6.92 Å². The van der Waals surface area contributed by atoms with Gasteiger partial charge in [0.2, 0.25) is 0 Å². The molecule has 0 spiro atoms. The molecule has 4 nitrogen and oxygen atoms in total. The van der Waals surface area contributed by atoms with Crippen LogP contribution in [0.5, 0.6) is 0 Å². The lowest BCUT2D eigenvalue weighted by Crippen LogP contribution is -2.27. The number of anilines is 1. The molecule has 1 aliphatic rings. The maximum atomic E-state index is 12.8. The van der Waals surface area contributed by atoms with Gasteiger partial charge in [-0.3, -0.25) is 9.69 Å². The van der Waals surface area contributed by atoms with E-state index >= 15 is 0 Å². The molecule has 1 aliphatic heterocycles. The molecule has 0 saturated carbocycles. The molecule has 126 valence electrons. The molecule has 7 heteroatoms. The van der Waals surface area contributed by atoms with Gasteiger partial charge in [-0.2, -0.15) is 0 Å². The van der Waals surface area contributed by atoms with Crippen molar-refractivity contribution >= 4 is 67.9 Å². The number of nitrogens with zero attached hydrogens (tertiary/aromatic N) is 1. The highest BCUT2D eigenvalue weighted by Gasteiger charge is 2.33. The summed E-state index contributed by atoms with van der Waals surface area (Å²) in [6.07, 6.45) is 1.77. The van der Waals surface area contributed by atoms with E-state index in [0.717, 1.165) is 10.0 Å². The van der Waals surface area contributed by atoms with Crippen LogP contribution >= 0.6 is 39.9 Å². The summed E-state index contributed by atoms with van der Waals surface area (Å²) in [4.78, 5) is 26.0. The zero-order chi connectivity index (χ0) is 18.1. The maximum absolute atomic E-state index is 12.8. The standard InChI is InChI=1S/C18H12BrNO3S2/c1-10-5-6-13(9-14(10)17(22)23)20-16(21)15(25-18(20)24)8-11-3-2-4-12(19)7-11/h2-9H,1H3,(H,22,23). The van der Waals surface area contributed by atoms with E-state index in [2.05, 4.69) is 15.9 Å². The Bertz CT molecular complexity index is 940. The monoisotopic (exact) mass is 433 g/mol. The van der Waals surface area contributed by atoms with Crippen LogP contribution in [-0.4, -0.2) is 21.3 Å². The molecule has 1 amide bonds. The number of rotatable bonds is 3. The second kappa shape index (κ2) is 7.11. The lowest BCUT2D eigenvalue weighted by molar-refractivity contribution is -0.113. The number of aromatic carboxylic acids is 1. The molecule has 1 saturated heterocycles. The van der Waals surface area contributed by atoms with Gasteiger partial charge in [0.1, 0.15) is 0 Å². The second-order valence-electron chi connectivity index (χ2n) is 5.38. The molecule has 0 bridgehead atoms. The molecule has 2 aromatic carbocycles. The average Bonchev–Trinajstić information content (AvgIpc) is 2.82. The molecule has 3 rings (SSSR count). The summed E-state index contributed by atoms with van der Waals surface area (Å²) in [5.74, 6) is -1.29. The summed E-state index contributed by atoms with van der Waals surface area (Å²) in [5, 5.41) is 9.28. The number of carboxylic acid groups (broad SMARTS) is 1. The Kier molecular flexibility index (Phi) is 5.08. The predicted molar refractivity (Wildman–Crippen MR) is 108 cm³/mol. The molecule has 25 heavy (non-hydrogen) atoms. The van der Waals surface area contributed by atoms with Gasteiger partial charge in [0.05, 0.1) is 16.2 Å². The van der Waals surface area contributed by atoms with E-state index in [0.29, 0.717) is 20.5 Å². The lowest BCUT2D eigenvalue weighted by atomic mass is 10.1. The summed E-state index contributed by atoms with van der Waals surface area (Å²) in [6, 6.07) is 12.4. The minimum atomic E-state index is -1.03. The fraction of sp³-hybridized carbons (Fsp3) is 0.0556. The van der Waals surface area contributed by atoms with Gasteiger partial charge in [-0.15, -0.1) is 0 Å².